The first-order valence-corrected chi connectivity index (χ1v) is 6.82. The molecule has 0 unspecified atom stereocenters. The summed E-state index contributed by atoms with van der Waals surface area (Å²) in [4.78, 5) is 24.1. The highest BCUT2D eigenvalue weighted by Crippen LogP contribution is 2.25. The summed E-state index contributed by atoms with van der Waals surface area (Å²) in [6.45, 7) is 3.30. The van der Waals surface area contributed by atoms with Gasteiger partial charge in [-0.25, -0.2) is 4.79 Å². The molecule has 0 aliphatic rings. The fraction of sp³-hybridized carbons (Fsp3) is 0.429. The SMILES string of the molecule is COc1cccc(Cl)c1CNC(=O)N(CC(=O)O)C(C)C. The fourth-order valence-electron chi connectivity index (χ4n) is 1.80. The number of methoxy groups -OCH3 is 1. The molecule has 21 heavy (non-hydrogen) atoms. The summed E-state index contributed by atoms with van der Waals surface area (Å²) < 4.78 is 5.19. The van der Waals surface area contributed by atoms with Gasteiger partial charge in [-0.05, 0) is 26.0 Å². The van der Waals surface area contributed by atoms with E-state index in [1.54, 1.807) is 32.0 Å². The van der Waals surface area contributed by atoms with E-state index in [4.69, 9.17) is 21.4 Å². The van der Waals surface area contributed by atoms with Gasteiger partial charge in [0.2, 0.25) is 0 Å². The fourth-order valence-corrected chi connectivity index (χ4v) is 2.03. The Labute approximate surface area is 128 Å². The van der Waals surface area contributed by atoms with Crippen LogP contribution in [0, 0.1) is 0 Å². The smallest absolute Gasteiger partial charge is 0.323 e. The summed E-state index contributed by atoms with van der Waals surface area (Å²) in [5.41, 5.74) is 0.647. The van der Waals surface area contributed by atoms with Crippen molar-refractivity contribution in [2.45, 2.75) is 26.4 Å². The summed E-state index contributed by atoms with van der Waals surface area (Å²) >= 11 is 6.08. The molecule has 0 heterocycles. The van der Waals surface area contributed by atoms with Crippen molar-refractivity contribution in [2.24, 2.45) is 0 Å². The van der Waals surface area contributed by atoms with Crippen LogP contribution in [0.25, 0.3) is 0 Å². The van der Waals surface area contributed by atoms with Gasteiger partial charge in [-0.15, -0.1) is 0 Å². The van der Waals surface area contributed by atoms with Crippen molar-refractivity contribution in [2.75, 3.05) is 13.7 Å². The molecule has 0 atom stereocenters. The Morgan fingerprint density at radius 2 is 2.10 bits per heavy atom. The lowest BCUT2D eigenvalue weighted by molar-refractivity contribution is -0.138. The summed E-state index contributed by atoms with van der Waals surface area (Å²) in [6.07, 6.45) is 0. The van der Waals surface area contributed by atoms with Crippen LogP contribution >= 0.6 is 11.6 Å². The number of nitrogens with one attached hydrogen (secondary N) is 1. The molecule has 2 amide bonds. The standard InChI is InChI=1S/C14H19ClN2O4/c1-9(2)17(8-13(18)19)14(20)16-7-10-11(15)5-4-6-12(10)21-3/h4-6,9H,7-8H2,1-3H3,(H,16,20)(H,18,19). The number of rotatable bonds is 6. The minimum Gasteiger partial charge on any atom is -0.496 e. The van der Waals surface area contributed by atoms with Crippen LogP contribution < -0.4 is 10.1 Å². The average Bonchev–Trinajstić information content (AvgIpc) is 2.42. The molecule has 0 saturated carbocycles. The van der Waals surface area contributed by atoms with Gasteiger partial charge in [-0.1, -0.05) is 17.7 Å². The van der Waals surface area contributed by atoms with Crippen molar-refractivity contribution >= 4 is 23.6 Å². The molecule has 0 fully saturated rings. The minimum absolute atomic E-state index is 0.157. The molecule has 0 aromatic heterocycles. The largest absolute Gasteiger partial charge is 0.496 e. The number of aliphatic carboxylic acids is 1. The van der Waals surface area contributed by atoms with Crippen molar-refractivity contribution in [3.8, 4) is 5.75 Å². The minimum atomic E-state index is -1.06. The van der Waals surface area contributed by atoms with Crippen molar-refractivity contribution in [3.63, 3.8) is 0 Å². The van der Waals surface area contributed by atoms with Gasteiger partial charge in [-0.3, -0.25) is 4.79 Å². The van der Waals surface area contributed by atoms with Crippen LogP contribution in [-0.4, -0.2) is 41.7 Å². The maximum absolute atomic E-state index is 12.1. The van der Waals surface area contributed by atoms with Crippen LogP contribution in [0.1, 0.15) is 19.4 Å². The Bertz CT molecular complexity index is 520. The second-order valence-electron chi connectivity index (χ2n) is 4.69. The third kappa shape index (κ3) is 4.82. The lowest BCUT2D eigenvalue weighted by atomic mass is 10.2. The van der Waals surface area contributed by atoms with E-state index in [1.807, 2.05) is 0 Å². The number of carboxylic acid groups (broad SMARTS) is 1. The first-order valence-electron chi connectivity index (χ1n) is 6.44. The third-order valence-electron chi connectivity index (χ3n) is 2.90. The molecule has 7 heteroatoms. The maximum atomic E-state index is 12.1. The van der Waals surface area contributed by atoms with E-state index < -0.39 is 12.0 Å². The number of carbonyl (C=O) groups is 2. The van der Waals surface area contributed by atoms with Gasteiger partial charge in [0.25, 0.3) is 0 Å². The van der Waals surface area contributed by atoms with E-state index >= 15 is 0 Å². The van der Waals surface area contributed by atoms with Crippen molar-refractivity contribution in [1.29, 1.82) is 0 Å². The molecule has 116 valence electrons. The molecule has 1 aromatic rings. The molecule has 0 radical (unpaired) electrons. The van der Waals surface area contributed by atoms with Gasteiger partial charge >= 0.3 is 12.0 Å². The molecule has 1 rings (SSSR count). The van der Waals surface area contributed by atoms with Crippen molar-refractivity contribution in [3.05, 3.63) is 28.8 Å². The zero-order valence-corrected chi connectivity index (χ0v) is 13.0. The highest BCUT2D eigenvalue weighted by atomic mass is 35.5. The average molecular weight is 315 g/mol. The van der Waals surface area contributed by atoms with Gasteiger partial charge in [0, 0.05) is 23.2 Å². The van der Waals surface area contributed by atoms with Crippen LogP contribution in [-0.2, 0) is 11.3 Å². The molecule has 0 aliphatic heterocycles. The number of ether oxygens (including phenoxy) is 1. The second kappa shape index (κ2) is 7.73. The molecule has 0 bridgehead atoms. The Hall–Kier alpha value is -1.95. The summed E-state index contributed by atoms with van der Waals surface area (Å²) in [5, 5.41) is 12.0. The van der Waals surface area contributed by atoms with E-state index in [9.17, 15) is 9.59 Å². The lowest BCUT2D eigenvalue weighted by Gasteiger charge is -2.25. The number of hydrogen-bond acceptors (Lipinski definition) is 3. The van der Waals surface area contributed by atoms with Gasteiger partial charge in [0.1, 0.15) is 12.3 Å². The van der Waals surface area contributed by atoms with Crippen molar-refractivity contribution < 1.29 is 19.4 Å². The highest BCUT2D eigenvalue weighted by molar-refractivity contribution is 6.31. The van der Waals surface area contributed by atoms with E-state index in [0.29, 0.717) is 16.3 Å². The number of carboxylic acids is 1. The highest BCUT2D eigenvalue weighted by Gasteiger charge is 2.20. The Balaban J connectivity index is 2.78. The predicted octanol–water partition coefficient (Wildman–Crippen LogP) is 2.35. The van der Waals surface area contributed by atoms with E-state index in [2.05, 4.69) is 5.32 Å². The first kappa shape index (κ1) is 17.1. The van der Waals surface area contributed by atoms with Crippen LogP contribution in [0.3, 0.4) is 0 Å². The van der Waals surface area contributed by atoms with Crippen molar-refractivity contribution in [1.82, 2.24) is 10.2 Å². The Kier molecular flexibility index (Phi) is 6.30. The molecule has 0 saturated heterocycles. The van der Waals surface area contributed by atoms with Crippen LogP contribution in [0.2, 0.25) is 5.02 Å². The Morgan fingerprint density at radius 3 is 2.62 bits per heavy atom. The molecule has 6 nitrogen and oxygen atoms in total. The van der Waals surface area contributed by atoms with Gasteiger partial charge in [0.15, 0.2) is 0 Å². The number of halogens is 1. The zero-order chi connectivity index (χ0) is 16.0. The summed E-state index contributed by atoms with van der Waals surface area (Å²) in [5.74, 6) is -0.494. The molecular formula is C14H19ClN2O4. The molecule has 0 aliphatic carbocycles. The molecule has 1 aromatic carbocycles. The van der Waals surface area contributed by atoms with Crippen LogP contribution in [0.5, 0.6) is 5.75 Å². The monoisotopic (exact) mass is 314 g/mol. The zero-order valence-electron chi connectivity index (χ0n) is 12.2. The van der Waals surface area contributed by atoms with E-state index in [0.717, 1.165) is 0 Å². The topological polar surface area (TPSA) is 78.9 Å². The molecule has 2 N–H and O–H groups in total. The molecular weight excluding hydrogens is 296 g/mol. The summed E-state index contributed by atoms with van der Waals surface area (Å²) in [6, 6.07) is 4.49. The second-order valence-corrected chi connectivity index (χ2v) is 5.10. The number of benzene rings is 1. The predicted molar refractivity (Wildman–Crippen MR) is 79.7 cm³/mol. The quantitative estimate of drug-likeness (QED) is 0.845. The van der Waals surface area contributed by atoms with E-state index in [-0.39, 0.29) is 19.1 Å². The normalized spacial score (nSPS) is 10.3. The van der Waals surface area contributed by atoms with Crippen LogP contribution in [0.4, 0.5) is 4.79 Å². The van der Waals surface area contributed by atoms with Gasteiger partial charge < -0.3 is 20.1 Å². The van der Waals surface area contributed by atoms with E-state index in [1.165, 1.54) is 12.0 Å². The lowest BCUT2D eigenvalue weighted by Crippen LogP contribution is -2.46. The van der Waals surface area contributed by atoms with Gasteiger partial charge in [0.05, 0.1) is 7.11 Å². The third-order valence-corrected chi connectivity index (χ3v) is 3.26. The Morgan fingerprint density at radius 1 is 1.43 bits per heavy atom. The van der Waals surface area contributed by atoms with Gasteiger partial charge in [-0.2, -0.15) is 0 Å². The maximum Gasteiger partial charge on any atom is 0.323 e. The first-order chi connectivity index (χ1) is 9.86. The number of hydrogen-bond donors (Lipinski definition) is 2. The van der Waals surface area contributed by atoms with Crippen LogP contribution in [0.15, 0.2) is 18.2 Å². The number of urea groups is 1. The number of nitrogens with zero attached hydrogens (tertiary/aromatic N) is 1. The summed E-state index contributed by atoms with van der Waals surface area (Å²) in [7, 11) is 1.52. The number of carbonyl (C=O) groups excluding carboxylic acids is 1. The number of amides is 2. The molecule has 0 spiro atoms.